The zero-order valence-electron chi connectivity index (χ0n) is 32.0. The highest BCUT2D eigenvalue weighted by atomic mass is 19.1. The molecule has 6 saturated heterocycles. The maximum Gasteiger partial charge on any atom is 0.318 e. The lowest BCUT2D eigenvalue weighted by molar-refractivity contribution is -0.164. The van der Waals surface area contributed by atoms with Crippen molar-refractivity contribution in [3.05, 3.63) is 65.9 Å². The number of rotatable bonds is 6. The topological polar surface area (TPSA) is 96.4 Å². The van der Waals surface area contributed by atoms with Gasteiger partial charge in [-0.3, -0.25) is 19.6 Å². The van der Waals surface area contributed by atoms with Crippen LogP contribution in [0, 0.1) is 24.0 Å². The molecule has 57 heavy (non-hydrogen) atoms. The van der Waals surface area contributed by atoms with Crippen molar-refractivity contribution in [2.75, 3.05) is 77.7 Å². The number of carbonyl (C=O) groups is 1. The highest BCUT2D eigenvalue weighted by Gasteiger charge is 2.50. The summed E-state index contributed by atoms with van der Waals surface area (Å²) >= 11 is 0. The fourth-order valence-corrected chi connectivity index (χ4v) is 9.72. The molecule has 14 heteroatoms. The molecule has 4 aromatic rings. The number of benzene rings is 2. The number of methoxy groups -OCH3 is 1. The molecule has 8 heterocycles. The van der Waals surface area contributed by atoms with E-state index >= 15 is 4.39 Å². The Morgan fingerprint density at radius 1 is 1.05 bits per heavy atom. The first-order valence-electron chi connectivity index (χ1n) is 19.9. The average molecular weight is 782 g/mol. The summed E-state index contributed by atoms with van der Waals surface area (Å²) in [6.07, 6.45) is 15.9. The van der Waals surface area contributed by atoms with E-state index < -0.39 is 23.3 Å². The summed E-state index contributed by atoms with van der Waals surface area (Å²) in [5.74, 6) is 1.52. The first-order chi connectivity index (χ1) is 27.8. The highest BCUT2D eigenvalue weighted by Crippen LogP contribution is 2.39. The molecule has 2 aromatic heterocycles. The Balaban J connectivity index is 0.000000411. The number of anilines is 1. The van der Waals surface area contributed by atoms with Gasteiger partial charge in [-0.05, 0) is 50.1 Å². The Hall–Kier alpha value is -4.81. The van der Waals surface area contributed by atoms with Crippen molar-refractivity contribution >= 4 is 33.4 Å². The Morgan fingerprint density at radius 3 is 2.61 bits per heavy atom. The number of aromatic nitrogens is 3. The van der Waals surface area contributed by atoms with Gasteiger partial charge in [-0.2, -0.15) is 9.97 Å². The summed E-state index contributed by atoms with van der Waals surface area (Å²) < 4.78 is 60.6. The molecule has 10 rings (SSSR count). The number of fused-ring (bicyclic) bond motifs is 5. The van der Waals surface area contributed by atoms with Crippen LogP contribution in [0.1, 0.15) is 37.7 Å². The lowest BCUT2D eigenvalue weighted by Gasteiger charge is -2.55. The third-order valence-corrected chi connectivity index (χ3v) is 12.6. The van der Waals surface area contributed by atoms with E-state index in [0.717, 1.165) is 45.6 Å². The number of halogens is 3. The Labute approximate surface area is 329 Å². The molecule has 298 valence electrons. The van der Waals surface area contributed by atoms with Crippen molar-refractivity contribution in [1.82, 2.24) is 29.7 Å². The summed E-state index contributed by atoms with van der Waals surface area (Å²) in [5, 5.41) is 1.44. The molecule has 1 amide bonds. The number of alkyl halides is 1. The van der Waals surface area contributed by atoms with Crippen LogP contribution in [-0.4, -0.2) is 138 Å². The van der Waals surface area contributed by atoms with Crippen LogP contribution in [0.4, 0.5) is 19.0 Å². The molecule has 4 atom stereocenters. The number of pyridine rings is 1. The fraction of sp³-hybridized carbons (Fsp3) is 0.488. The van der Waals surface area contributed by atoms with Crippen LogP contribution in [-0.2, 0) is 14.3 Å². The van der Waals surface area contributed by atoms with E-state index in [9.17, 15) is 13.6 Å². The lowest BCUT2D eigenvalue weighted by Crippen LogP contribution is -2.72. The molecular weight excluding hydrogens is 736 g/mol. The zero-order valence-corrected chi connectivity index (χ0v) is 32.0. The van der Waals surface area contributed by atoms with Gasteiger partial charge in [0.25, 0.3) is 0 Å². The van der Waals surface area contributed by atoms with Crippen LogP contribution in [0.25, 0.3) is 32.9 Å². The van der Waals surface area contributed by atoms with Gasteiger partial charge < -0.3 is 24.0 Å². The third-order valence-electron chi connectivity index (χ3n) is 12.6. The number of morpholine rings is 1. The van der Waals surface area contributed by atoms with E-state index in [1.807, 2.05) is 15.9 Å². The van der Waals surface area contributed by atoms with E-state index in [2.05, 4.69) is 30.7 Å². The first-order valence-corrected chi connectivity index (χ1v) is 19.9. The number of nitrogens with zero attached hydrogens (tertiary/aromatic N) is 7. The van der Waals surface area contributed by atoms with Gasteiger partial charge in [0.15, 0.2) is 5.82 Å². The molecule has 6 aliphatic rings. The molecule has 3 unspecified atom stereocenters. The van der Waals surface area contributed by atoms with Crippen molar-refractivity contribution in [2.45, 2.75) is 61.9 Å². The maximum atomic E-state index is 16.5. The fourth-order valence-electron chi connectivity index (χ4n) is 9.72. The monoisotopic (exact) mass is 781 g/mol. The number of ether oxygens (including phenoxy) is 3. The lowest BCUT2D eigenvalue weighted by atomic mass is 9.91. The van der Waals surface area contributed by atoms with Crippen molar-refractivity contribution < 1.29 is 32.2 Å². The minimum Gasteiger partial charge on any atom is -0.467 e. The van der Waals surface area contributed by atoms with Crippen molar-refractivity contribution in [2.24, 2.45) is 0 Å². The van der Waals surface area contributed by atoms with Gasteiger partial charge >= 0.3 is 6.01 Å². The van der Waals surface area contributed by atoms with E-state index in [-0.39, 0.29) is 28.7 Å². The largest absolute Gasteiger partial charge is 0.467 e. The highest BCUT2D eigenvalue weighted by molar-refractivity contribution is 6.02. The molecule has 2 bridgehead atoms. The molecule has 0 aliphatic carbocycles. The predicted molar refractivity (Wildman–Crippen MR) is 210 cm³/mol. The molecule has 0 radical (unpaired) electrons. The van der Waals surface area contributed by atoms with Gasteiger partial charge in [0, 0.05) is 74.1 Å². The Morgan fingerprint density at radius 2 is 1.88 bits per heavy atom. The van der Waals surface area contributed by atoms with Gasteiger partial charge in [-0.15, -0.1) is 6.42 Å². The number of hydrogen-bond acceptors (Lipinski definition) is 10. The number of piperazine rings is 1. The van der Waals surface area contributed by atoms with Gasteiger partial charge in [-0.25, -0.2) is 13.2 Å². The second-order valence-electron chi connectivity index (χ2n) is 16.0. The summed E-state index contributed by atoms with van der Waals surface area (Å²) in [5.41, 5.74) is -0.181. The normalized spacial score (nSPS) is 25.5. The smallest absolute Gasteiger partial charge is 0.318 e. The van der Waals surface area contributed by atoms with Crippen molar-refractivity contribution in [3.63, 3.8) is 0 Å². The molecular formula is C43H46F3N7O4. The van der Waals surface area contributed by atoms with Crippen molar-refractivity contribution in [3.8, 4) is 29.6 Å². The number of amides is 1. The number of carbonyl (C=O) groups excluding carboxylic acids is 1. The quantitative estimate of drug-likeness (QED) is 0.193. The summed E-state index contributed by atoms with van der Waals surface area (Å²) in [6, 6.07) is 9.53. The average Bonchev–Trinajstić information content (AvgIpc) is 3.86. The number of hydrogen-bond donors (Lipinski definition) is 0. The Bertz CT molecular complexity index is 2240. The molecule has 6 fully saturated rings. The van der Waals surface area contributed by atoms with Crippen LogP contribution in [0.3, 0.4) is 0 Å². The van der Waals surface area contributed by atoms with Crippen LogP contribution < -0.4 is 9.64 Å². The Kier molecular flexibility index (Phi) is 10.3. The third kappa shape index (κ3) is 6.88. The minimum absolute atomic E-state index is 0.00921. The van der Waals surface area contributed by atoms with Crippen LogP contribution in [0.2, 0.25) is 0 Å². The molecule has 1 spiro atoms. The van der Waals surface area contributed by atoms with Crippen LogP contribution in [0.15, 0.2) is 48.7 Å². The standard InChI is InChI=1S/C36H34F2N6O4.C7H12FN/c1-3-25-28(37)12-9-22-6-4-7-26(30(22)25)32-31(38)33-27(16-39-32)34(41-35(40-33)46-2)42-14-15-44(36(19-42)20-48-21-36)29(45)8-5-13-43-23-10-11-24(43)18-47-17-23;8-6-4-7-2-1-3-9(7)5-6/h1,4-9,12,16,23-24H,10-11,13-15,17-21H2,2H3;6-7H,1-5H2/b8-5+;/t23-,24?;/m0./s1. The zero-order chi connectivity index (χ0) is 39.3. The van der Waals surface area contributed by atoms with Crippen LogP contribution in [0.5, 0.6) is 6.01 Å². The summed E-state index contributed by atoms with van der Waals surface area (Å²) in [4.78, 5) is 35.7. The van der Waals surface area contributed by atoms with E-state index in [1.54, 1.807) is 30.3 Å². The SMILES string of the molecule is C#Cc1c(F)ccc2cccc(-c3ncc4c(N5CCN(C(=O)/C=C/CN6C7CC[C@H]6COC7)C6(COC6)C5)nc(OC)nc4c3F)c12.FC1CC2CCCN2C1. The van der Waals surface area contributed by atoms with Crippen molar-refractivity contribution in [1.29, 1.82) is 0 Å². The maximum absolute atomic E-state index is 16.5. The summed E-state index contributed by atoms with van der Waals surface area (Å²) in [7, 11) is 1.42. The van der Waals surface area contributed by atoms with Gasteiger partial charge in [0.2, 0.25) is 5.91 Å². The molecule has 0 saturated carbocycles. The molecule has 11 nitrogen and oxygen atoms in total. The summed E-state index contributed by atoms with van der Waals surface area (Å²) in [6.45, 7) is 6.13. The molecule has 2 aromatic carbocycles. The van der Waals surface area contributed by atoms with Crippen LogP contribution >= 0.6 is 0 Å². The number of terminal acetylenes is 1. The van der Waals surface area contributed by atoms with E-state index in [0.29, 0.717) is 85.1 Å². The van der Waals surface area contributed by atoms with Gasteiger partial charge in [0.1, 0.15) is 34.6 Å². The van der Waals surface area contributed by atoms with Gasteiger partial charge in [0.05, 0.1) is 44.5 Å². The first kappa shape index (κ1) is 37.7. The minimum atomic E-state index is -0.705. The van der Waals surface area contributed by atoms with E-state index in [4.69, 9.17) is 20.6 Å². The second-order valence-corrected chi connectivity index (χ2v) is 16.0. The van der Waals surface area contributed by atoms with Gasteiger partial charge in [-0.1, -0.05) is 36.3 Å². The molecule has 6 aliphatic heterocycles. The molecule has 0 N–H and O–H groups in total. The van der Waals surface area contributed by atoms with E-state index in [1.165, 1.54) is 32.2 Å². The second kappa shape index (κ2) is 15.5. The predicted octanol–water partition coefficient (Wildman–Crippen LogP) is 5.14.